The molecule has 0 amide bonds. The number of hydrogen-bond acceptors (Lipinski definition) is 2. The molecule has 2 heteroatoms. The van der Waals surface area contributed by atoms with Crippen LogP contribution >= 0.6 is 0 Å². The number of aliphatic hydroxyl groups excluding tert-OH is 1. The molecule has 0 radical (unpaired) electrons. The molecule has 1 fully saturated rings. The molecule has 0 aromatic heterocycles. The molecule has 162 valence electrons. The third-order valence-electron chi connectivity index (χ3n) is 6.58. The Hall–Kier alpha value is -2.42. The van der Waals surface area contributed by atoms with Gasteiger partial charge in [-0.25, -0.2) is 0 Å². The van der Waals surface area contributed by atoms with Gasteiger partial charge >= 0.3 is 0 Å². The Morgan fingerprint density at radius 1 is 0.935 bits per heavy atom. The minimum absolute atomic E-state index is 0.219. The van der Waals surface area contributed by atoms with E-state index in [4.69, 9.17) is 0 Å². The van der Waals surface area contributed by atoms with Crippen LogP contribution in [0.3, 0.4) is 0 Å². The average Bonchev–Trinajstić information content (AvgIpc) is 2.84. The fourth-order valence-electron chi connectivity index (χ4n) is 4.82. The summed E-state index contributed by atoms with van der Waals surface area (Å²) < 4.78 is 0. The van der Waals surface area contributed by atoms with Gasteiger partial charge in [0.15, 0.2) is 0 Å². The molecule has 2 aromatic rings. The predicted molar refractivity (Wildman–Crippen MR) is 131 cm³/mol. The lowest BCUT2D eigenvalue weighted by Crippen LogP contribution is -2.26. The first kappa shape index (κ1) is 21.8. The van der Waals surface area contributed by atoms with E-state index in [0.29, 0.717) is 5.92 Å². The molecule has 0 atom stereocenters. The maximum absolute atomic E-state index is 9.59. The number of allylic oxidation sites excluding steroid dienone is 5. The standard InChI is InChI=1S/C29H35NO/c1-22-9-11-26(12-10-22)29(28(8-5-21-31)25-6-3-2-4-7-25)27-15-13-23(14-16-27)24-17-19-30-20-18-24/h3,6-7,9-16,24,30-31H,2,4-5,8,17-21H2,1H3/b29-28-. The zero-order valence-electron chi connectivity index (χ0n) is 18.7. The molecule has 0 unspecified atom stereocenters. The van der Waals surface area contributed by atoms with Crippen LogP contribution in [0.15, 0.2) is 77.9 Å². The van der Waals surface area contributed by atoms with Crippen molar-refractivity contribution in [3.05, 3.63) is 100 Å². The van der Waals surface area contributed by atoms with Crippen LogP contribution in [-0.4, -0.2) is 24.8 Å². The highest BCUT2D eigenvalue weighted by molar-refractivity contribution is 5.85. The second-order valence-corrected chi connectivity index (χ2v) is 8.83. The van der Waals surface area contributed by atoms with Crippen molar-refractivity contribution in [1.82, 2.24) is 5.32 Å². The topological polar surface area (TPSA) is 32.3 Å². The van der Waals surface area contributed by atoms with Gasteiger partial charge in [0, 0.05) is 6.61 Å². The number of nitrogens with one attached hydrogen (secondary N) is 1. The van der Waals surface area contributed by atoms with Gasteiger partial charge in [-0.3, -0.25) is 0 Å². The molecule has 2 aliphatic rings. The van der Waals surface area contributed by atoms with E-state index in [9.17, 15) is 5.11 Å². The van der Waals surface area contributed by atoms with Gasteiger partial charge in [-0.15, -0.1) is 0 Å². The molecule has 2 nitrogen and oxygen atoms in total. The van der Waals surface area contributed by atoms with Gasteiger partial charge in [-0.1, -0.05) is 72.3 Å². The Balaban J connectivity index is 1.79. The molecule has 1 aliphatic heterocycles. The summed E-state index contributed by atoms with van der Waals surface area (Å²) in [5.74, 6) is 0.667. The normalized spacial score (nSPS) is 17.9. The van der Waals surface area contributed by atoms with Crippen LogP contribution in [0.4, 0.5) is 0 Å². The summed E-state index contributed by atoms with van der Waals surface area (Å²) >= 11 is 0. The van der Waals surface area contributed by atoms with Gasteiger partial charge < -0.3 is 10.4 Å². The highest BCUT2D eigenvalue weighted by Crippen LogP contribution is 2.36. The van der Waals surface area contributed by atoms with E-state index >= 15 is 0 Å². The zero-order valence-corrected chi connectivity index (χ0v) is 18.7. The minimum atomic E-state index is 0.219. The van der Waals surface area contributed by atoms with Crippen LogP contribution in [0.1, 0.15) is 66.7 Å². The van der Waals surface area contributed by atoms with E-state index in [1.54, 1.807) is 0 Å². The van der Waals surface area contributed by atoms with Crippen molar-refractivity contribution < 1.29 is 5.11 Å². The van der Waals surface area contributed by atoms with Crippen molar-refractivity contribution in [1.29, 1.82) is 0 Å². The number of benzene rings is 2. The number of hydrogen-bond donors (Lipinski definition) is 2. The first-order chi connectivity index (χ1) is 15.3. The molecule has 1 heterocycles. The van der Waals surface area contributed by atoms with E-state index in [1.165, 1.54) is 51.8 Å². The molecule has 31 heavy (non-hydrogen) atoms. The maximum atomic E-state index is 9.59. The van der Waals surface area contributed by atoms with Gasteiger partial charge in [0.2, 0.25) is 0 Å². The number of piperidine rings is 1. The first-order valence-corrected chi connectivity index (χ1v) is 11.9. The molecule has 1 aliphatic carbocycles. The molecular weight excluding hydrogens is 378 g/mol. The first-order valence-electron chi connectivity index (χ1n) is 11.9. The third kappa shape index (κ3) is 5.44. The highest BCUT2D eigenvalue weighted by atomic mass is 16.2. The van der Waals surface area contributed by atoms with E-state index in [-0.39, 0.29) is 6.61 Å². The number of aliphatic hydroxyl groups is 1. The molecule has 2 N–H and O–H groups in total. The van der Waals surface area contributed by atoms with E-state index in [0.717, 1.165) is 38.8 Å². The van der Waals surface area contributed by atoms with Gasteiger partial charge in [0.05, 0.1) is 0 Å². The molecule has 0 saturated carbocycles. The summed E-state index contributed by atoms with van der Waals surface area (Å²) in [6.45, 7) is 4.59. The van der Waals surface area contributed by atoms with Crippen molar-refractivity contribution >= 4 is 5.57 Å². The highest BCUT2D eigenvalue weighted by Gasteiger charge is 2.18. The quantitative estimate of drug-likeness (QED) is 0.557. The predicted octanol–water partition coefficient (Wildman–Crippen LogP) is 6.31. The summed E-state index contributed by atoms with van der Waals surface area (Å²) in [6.07, 6.45) is 13.2. The van der Waals surface area contributed by atoms with Crippen molar-refractivity contribution in [2.75, 3.05) is 19.7 Å². The van der Waals surface area contributed by atoms with Gasteiger partial charge in [0.1, 0.15) is 0 Å². The molecule has 2 aromatic carbocycles. The second-order valence-electron chi connectivity index (χ2n) is 8.83. The Labute approximate surface area is 187 Å². The van der Waals surface area contributed by atoms with Gasteiger partial charge in [0.25, 0.3) is 0 Å². The van der Waals surface area contributed by atoms with Crippen LogP contribution in [0.2, 0.25) is 0 Å². The molecule has 1 saturated heterocycles. The van der Waals surface area contributed by atoms with Gasteiger partial charge in [-0.05, 0) is 97.9 Å². The molecule has 0 spiro atoms. The Bertz CT molecular complexity index is 941. The third-order valence-corrected chi connectivity index (χ3v) is 6.58. The van der Waals surface area contributed by atoms with Crippen LogP contribution in [0, 0.1) is 6.92 Å². The molecule has 0 bridgehead atoms. The average molecular weight is 414 g/mol. The van der Waals surface area contributed by atoms with Crippen LogP contribution in [0.5, 0.6) is 0 Å². The second kappa shape index (κ2) is 10.7. The van der Waals surface area contributed by atoms with Crippen molar-refractivity contribution in [3.8, 4) is 0 Å². The van der Waals surface area contributed by atoms with Crippen LogP contribution < -0.4 is 5.32 Å². The van der Waals surface area contributed by atoms with Crippen LogP contribution in [0.25, 0.3) is 5.57 Å². The Morgan fingerprint density at radius 3 is 2.23 bits per heavy atom. The fourth-order valence-corrected chi connectivity index (χ4v) is 4.82. The summed E-state index contributed by atoms with van der Waals surface area (Å²) in [4.78, 5) is 0. The van der Waals surface area contributed by atoms with Crippen LogP contribution in [-0.2, 0) is 0 Å². The van der Waals surface area contributed by atoms with Crippen molar-refractivity contribution in [2.24, 2.45) is 0 Å². The monoisotopic (exact) mass is 413 g/mol. The van der Waals surface area contributed by atoms with E-state index < -0.39 is 0 Å². The molecule has 4 rings (SSSR count). The number of aryl methyl sites for hydroxylation is 1. The minimum Gasteiger partial charge on any atom is -0.396 e. The Morgan fingerprint density at radius 2 is 1.61 bits per heavy atom. The lowest BCUT2D eigenvalue weighted by atomic mass is 9.84. The lowest BCUT2D eigenvalue weighted by Gasteiger charge is -2.24. The van der Waals surface area contributed by atoms with Crippen molar-refractivity contribution in [2.45, 2.75) is 51.4 Å². The summed E-state index contributed by atoms with van der Waals surface area (Å²) in [7, 11) is 0. The van der Waals surface area contributed by atoms with E-state index in [2.05, 4.69) is 79.0 Å². The van der Waals surface area contributed by atoms with Gasteiger partial charge in [-0.2, -0.15) is 0 Å². The zero-order chi connectivity index (χ0) is 21.5. The van der Waals surface area contributed by atoms with E-state index in [1.807, 2.05) is 0 Å². The smallest absolute Gasteiger partial charge is 0.0434 e. The molecular formula is C29H35NO. The maximum Gasteiger partial charge on any atom is 0.0434 e. The largest absolute Gasteiger partial charge is 0.396 e. The fraction of sp³-hybridized carbons (Fsp3) is 0.379. The summed E-state index contributed by atoms with van der Waals surface area (Å²) in [5.41, 5.74) is 9.24. The number of rotatable bonds is 7. The SMILES string of the molecule is Cc1ccc(/C(=C(\CCCO)C2=CCCC=C2)c2ccc(C3CCNCC3)cc2)cc1. The lowest BCUT2D eigenvalue weighted by molar-refractivity contribution is 0.289. The van der Waals surface area contributed by atoms with Crippen molar-refractivity contribution in [3.63, 3.8) is 0 Å². The Kier molecular flexibility index (Phi) is 7.56. The summed E-state index contributed by atoms with van der Waals surface area (Å²) in [6, 6.07) is 18.2. The summed E-state index contributed by atoms with van der Waals surface area (Å²) in [5, 5.41) is 13.1.